The Morgan fingerprint density at radius 1 is 1.40 bits per heavy atom. The third kappa shape index (κ3) is 2.37. The van der Waals surface area contributed by atoms with Crippen molar-refractivity contribution in [1.29, 1.82) is 0 Å². The van der Waals surface area contributed by atoms with Crippen LogP contribution in [-0.2, 0) is 9.84 Å². The number of nitrogens with zero attached hydrogens (tertiary/aromatic N) is 2. The summed E-state index contributed by atoms with van der Waals surface area (Å²) in [6, 6.07) is 6.23. The number of aromatic carboxylic acids is 1. The maximum atomic E-state index is 12.0. The molecule has 1 heterocycles. The molecule has 2 rings (SSSR count). The molecule has 0 aliphatic heterocycles. The van der Waals surface area contributed by atoms with E-state index >= 15 is 0 Å². The van der Waals surface area contributed by atoms with E-state index in [0.717, 1.165) is 0 Å². The van der Waals surface area contributed by atoms with Gasteiger partial charge in [-0.1, -0.05) is 19.1 Å². The van der Waals surface area contributed by atoms with Crippen LogP contribution in [0, 0.1) is 0 Å². The first-order valence-corrected chi connectivity index (χ1v) is 7.42. The number of benzene rings is 1. The van der Waals surface area contributed by atoms with E-state index in [-0.39, 0.29) is 27.7 Å². The van der Waals surface area contributed by atoms with Crippen LogP contribution in [0.15, 0.2) is 35.4 Å². The summed E-state index contributed by atoms with van der Waals surface area (Å²) in [4.78, 5) is 11.0. The van der Waals surface area contributed by atoms with Crippen molar-refractivity contribution >= 4 is 21.5 Å². The minimum Gasteiger partial charge on any atom is -0.476 e. The van der Waals surface area contributed by atoms with Crippen molar-refractivity contribution < 1.29 is 18.3 Å². The third-order valence-electron chi connectivity index (χ3n) is 2.77. The largest absolute Gasteiger partial charge is 0.476 e. The number of anilines is 1. The van der Waals surface area contributed by atoms with E-state index in [0.29, 0.717) is 0 Å². The minimum atomic E-state index is -3.45. The second kappa shape index (κ2) is 4.97. The predicted molar refractivity (Wildman–Crippen MR) is 72.7 cm³/mol. The van der Waals surface area contributed by atoms with Gasteiger partial charge < -0.3 is 10.8 Å². The predicted octanol–water partition coefficient (Wildman–Crippen LogP) is 0.946. The molecule has 2 aromatic rings. The number of para-hydroxylation sites is 1. The van der Waals surface area contributed by atoms with Gasteiger partial charge in [0.15, 0.2) is 15.5 Å². The molecular formula is C12H13N3O4S. The maximum absolute atomic E-state index is 12.0. The van der Waals surface area contributed by atoms with Crippen molar-refractivity contribution in [3.63, 3.8) is 0 Å². The zero-order chi connectivity index (χ0) is 14.9. The molecule has 7 nitrogen and oxygen atoms in total. The summed E-state index contributed by atoms with van der Waals surface area (Å²) in [6.07, 6.45) is 1.29. The number of hydrogen-bond donors (Lipinski definition) is 2. The van der Waals surface area contributed by atoms with Gasteiger partial charge in [-0.2, -0.15) is 5.10 Å². The number of aromatic nitrogens is 2. The Balaban J connectivity index is 2.66. The smallest absolute Gasteiger partial charge is 0.358 e. The molecule has 0 radical (unpaired) electrons. The van der Waals surface area contributed by atoms with E-state index < -0.39 is 15.8 Å². The Morgan fingerprint density at radius 3 is 2.60 bits per heavy atom. The molecule has 1 aromatic carbocycles. The van der Waals surface area contributed by atoms with Crippen LogP contribution in [0.25, 0.3) is 5.69 Å². The molecule has 0 aliphatic rings. The van der Waals surface area contributed by atoms with E-state index in [9.17, 15) is 13.2 Å². The molecule has 8 heteroatoms. The number of sulfone groups is 1. The third-order valence-corrected chi connectivity index (χ3v) is 4.55. The fourth-order valence-electron chi connectivity index (χ4n) is 1.74. The molecule has 0 aliphatic carbocycles. The van der Waals surface area contributed by atoms with Crippen molar-refractivity contribution in [2.45, 2.75) is 11.8 Å². The summed E-state index contributed by atoms with van der Waals surface area (Å²) in [5.74, 6) is -1.33. The lowest BCUT2D eigenvalue weighted by atomic mass is 10.3. The van der Waals surface area contributed by atoms with E-state index in [4.69, 9.17) is 10.8 Å². The van der Waals surface area contributed by atoms with Gasteiger partial charge in [0.1, 0.15) is 0 Å². The zero-order valence-electron chi connectivity index (χ0n) is 10.6. The van der Waals surface area contributed by atoms with Crippen molar-refractivity contribution in [1.82, 2.24) is 9.78 Å². The summed E-state index contributed by atoms with van der Waals surface area (Å²) in [5, 5.41) is 12.7. The van der Waals surface area contributed by atoms with Gasteiger partial charge in [0, 0.05) is 0 Å². The SMILES string of the molecule is CCS(=O)(=O)c1ccccc1-n1cc(N)c(C(=O)O)n1. The van der Waals surface area contributed by atoms with Gasteiger partial charge in [-0.25, -0.2) is 17.9 Å². The first kappa shape index (κ1) is 14.1. The maximum Gasteiger partial charge on any atom is 0.358 e. The highest BCUT2D eigenvalue weighted by Crippen LogP contribution is 2.22. The van der Waals surface area contributed by atoms with Gasteiger partial charge in [-0.05, 0) is 12.1 Å². The molecule has 0 bridgehead atoms. The van der Waals surface area contributed by atoms with Crippen molar-refractivity contribution in [2.24, 2.45) is 0 Å². The summed E-state index contributed by atoms with van der Waals surface area (Å²) >= 11 is 0. The van der Waals surface area contributed by atoms with Crippen LogP contribution in [0.5, 0.6) is 0 Å². The fourth-order valence-corrected chi connectivity index (χ4v) is 2.82. The van der Waals surface area contributed by atoms with Crippen LogP contribution in [-0.4, -0.2) is 35.0 Å². The van der Waals surface area contributed by atoms with Crippen LogP contribution in [0.3, 0.4) is 0 Å². The lowest BCUT2D eigenvalue weighted by Gasteiger charge is -2.08. The second-order valence-electron chi connectivity index (χ2n) is 4.05. The highest BCUT2D eigenvalue weighted by Gasteiger charge is 2.20. The van der Waals surface area contributed by atoms with Crippen molar-refractivity contribution in [3.05, 3.63) is 36.2 Å². The Kier molecular flexibility index (Phi) is 3.49. The molecule has 0 unspecified atom stereocenters. The fraction of sp³-hybridized carbons (Fsp3) is 0.167. The molecule has 0 amide bonds. The monoisotopic (exact) mass is 295 g/mol. The molecule has 3 N–H and O–H groups in total. The van der Waals surface area contributed by atoms with Crippen LogP contribution in [0.4, 0.5) is 5.69 Å². The number of nitrogen functional groups attached to an aromatic ring is 1. The molecule has 20 heavy (non-hydrogen) atoms. The van der Waals surface area contributed by atoms with Crippen molar-refractivity contribution in [2.75, 3.05) is 11.5 Å². The molecule has 1 aromatic heterocycles. The van der Waals surface area contributed by atoms with Gasteiger partial charge in [0.25, 0.3) is 0 Å². The van der Waals surface area contributed by atoms with Crippen LogP contribution >= 0.6 is 0 Å². The first-order valence-electron chi connectivity index (χ1n) is 5.77. The Bertz CT molecular complexity index is 765. The molecule has 0 saturated carbocycles. The van der Waals surface area contributed by atoms with E-state index in [1.54, 1.807) is 18.2 Å². The number of nitrogens with two attached hydrogens (primary N) is 1. The molecule has 0 saturated heterocycles. The average Bonchev–Trinajstić information content (AvgIpc) is 2.81. The van der Waals surface area contributed by atoms with Gasteiger partial charge in [-0.3, -0.25) is 0 Å². The molecule has 0 atom stereocenters. The van der Waals surface area contributed by atoms with Gasteiger partial charge in [-0.15, -0.1) is 0 Å². The van der Waals surface area contributed by atoms with Crippen LogP contribution in [0.2, 0.25) is 0 Å². The highest BCUT2D eigenvalue weighted by atomic mass is 32.2. The van der Waals surface area contributed by atoms with Gasteiger partial charge in [0.2, 0.25) is 0 Å². The van der Waals surface area contributed by atoms with E-state index in [1.807, 2.05) is 0 Å². The topological polar surface area (TPSA) is 115 Å². The summed E-state index contributed by atoms with van der Waals surface area (Å²) in [7, 11) is -3.45. The molecule has 0 spiro atoms. The van der Waals surface area contributed by atoms with E-state index in [2.05, 4.69) is 5.10 Å². The highest BCUT2D eigenvalue weighted by molar-refractivity contribution is 7.91. The Labute approximate surface area is 115 Å². The molecular weight excluding hydrogens is 282 g/mol. The standard InChI is InChI=1S/C12H13N3O4S/c1-2-20(18,19)10-6-4-3-5-9(10)15-7-8(13)11(14-15)12(16)17/h3-7H,2,13H2,1H3,(H,16,17). The lowest BCUT2D eigenvalue weighted by molar-refractivity contribution is 0.0691. The summed E-state index contributed by atoms with van der Waals surface area (Å²) < 4.78 is 25.2. The Morgan fingerprint density at radius 2 is 2.05 bits per heavy atom. The van der Waals surface area contributed by atoms with Gasteiger partial charge >= 0.3 is 5.97 Å². The number of hydrogen-bond acceptors (Lipinski definition) is 5. The lowest BCUT2D eigenvalue weighted by Crippen LogP contribution is -2.10. The minimum absolute atomic E-state index is 0.0267. The summed E-state index contributed by atoms with van der Waals surface area (Å²) in [6.45, 7) is 1.53. The average molecular weight is 295 g/mol. The summed E-state index contributed by atoms with van der Waals surface area (Å²) in [5.41, 5.74) is 5.49. The number of carboxylic acids is 1. The first-order chi connectivity index (χ1) is 9.36. The molecule has 0 fully saturated rings. The zero-order valence-corrected chi connectivity index (χ0v) is 11.5. The normalized spacial score (nSPS) is 11.4. The van der Waals surface area contributed by atoms with Crippen LogP contribution < -0.4 is 5.73 Å². The van der Waals surface area contributed by atoms with Gasteiger partial charge in [0.05, 0.1) is 28.2 Å². The molecule has 106 valence electrons. The quantitative estimate of drug-likeness (QED) is 0.867. The number of carboxylic acid groups (broad SMARTS) is 1. The Hall–Kier alpha value is -2.35. The van der Waals surface area contributed by atoms with E-state index in [1.165, 1.54) is 23.9 Å². The number of carbonyl (C=O) groups is 1. The van der Waals surface area contributed by atoms with Crippen LogP contribution in [0.1, 0.15) is 17.4 Å². The van der Waals surface area contributed by atoms with Crippen molar-refractivity contribution in [3.8, 4) is 5.69 Å². The number of rotatable bonds is 4. The second-order valence-corrected chi connectivity index (χ2v) is 6.30.